The van der Waals surface area contributed by atoms with Crippen molar-refractivity contribution in [3.63, 3.8) is 0 Å². The molecule has 0 bridgehead atoms. The first-order valence-corrected chi connectivity index (χ1v) is 8.05. The summed E-state index contributed by atoms with van der Waals surface area (Å²) in [6.07, 6.45) is 0. The van der Waals surface area contributed by atoms with Crippen LogP contribution in [0.25, 0.3) is 0 Å². The van der Waals surface area contributed by atoms with E-state index < -0.39 is 21.8 Å². The van der Waals surface area contributed by atoms with Gasteiger partial charge in [-0.1, -0.05) is 6.92 Å². The largest absolute Gasteiger partial charge is 0.396 e. The first-order chi connectivity index (χ1) is 9.66. The number of aryl methyl sites for hydroxylation is 1. The summed E-state index contributed by atoms with van der Waals surface area (Å²) in [5.41, 5.74) is 5.96. The maximum absolute atomic E-state index is 13.6. The zero-order valence-corrected chi connectivity index (χ0v) is 13.5. The Balaban J connectivity index is 3.44. The standard InChI is InChI=1S/C14H20FN3O2S/c1-5-18(8-9(2)7-16)21(19,20)14-10(3)6-12(15)13(17)11(14)4/h6,9H,5,8,17H2,1-4H3. The van der Waals surface area contributed by atoms with E-state index in [0.29, 0.717) is 5.56 Å². The molecular formula is C14H20FN3O2S. The number of hydrogen-bond acceptors (Lipinski definition) is 4. The van der Waals surface area contributed by atoms with Gasteiger partial charge in [0.25, 0.3) is 0 Å². The second kappa shape index (κ2) is 6.41. The maximum atomic E-state index is 13.6. The SMILES string of the molecule is CCN(CC(C)C#N)S(=O)(=O)c1c(C)cc(F)c(N)c1C. The lowest BCUT2D eigenvalue weighted by Crippen LogP contribution is -2.35. The van der Waals surface area contributed by atoms with Gasteiger partial charge < -0.3 is 5.73 Å². The average molecular weight is 313 g/mol. The Kier molecular flexibility index (Phi) is 5.31. The summed E-state index contributed by atoms with van der Waals surface area (Å²) in [5.74, 6) is -1.06. The molecule has 2 N–H and O–H groups in total. The molecule has 0 aliphatic heterocycles. The van der Waals surface area contributed by atoms with E-state index in [-0.39, 0.29) is 29.2 Å². The Morgan fingerprint density at radius 3 is 2.52 bits per heavy atom. The molecule has 0 saturated carbocycles. The number of nitrogens with zero attached hydrogens (tertiary/aromatic N) is 2. The van der Waals surface area contributed by atoms with Gasteiger partial charge in [-0.15, -0.1) is 0 Å². The molecule has 0 heterocycles. The van der Waals surface area contributed by atoms with Crippen molar-refractivity contribution in [3.8, 4) is 6.07 Å². The number of nitrogens with two attached hydrogens (primary N) is 1. The van der Waals surface area contributed by atoms with Crippen LogP contribution in [0, 0.1) is 36.9 Å². The van der Waals surface area contributed by atoms with Gasteiger partial charge in [-0.05, 0) is 38.0 Å². The van der Waals surface area contributed by atoms with Crippen LogP contribution in [-0.4, -0.2) is 25.8 Å². The normalized spacial score (nSPS) is 13.2. The van der Waals surface area contributed by atoms with E-state index in [1.807, 2.05) is 6.07 Å². The van der Waals surface area contributed by atoms with Crippen LogP contribution in [0.15, 0.2) is 11.0 Å². The Morgan fingerprint density at radius 1 is 1.48 bits per heavy atom. The van der Waals surface area contributed by atoms with Gasteiger partial charge in [0.1, 0.15) is 5.82 Å². The topological polar surface area (TPSA) is 87.2 Å². The van der Waals surface area contributed by atoms with Gasteiger partial charge in [0.15, 0.2) is 0 Å². The van der Waals surface area contributed by atoms with Crippen molar-refractivity contribution in [2.24, 2.45) is 5.92 Å². The highest BCUT2D eigenvalue weighted by Gasteiger charge is 2.29. The third-order valence-corrected chi connectivity index (χ3v) is 5.58. The fraction of sp³-hybridized carbons (Fsp3) is 0.500. The van der Waals surface area contributed by atoms with E-state index in [2.05, 4.69) is 0 Å². The van der Waals surface area contributed by atoms with Gasteiger partial charge in [-0.3, -0.25) is 0 Å². The summed E-state index contributed by atoms with van der Waals surface area (Å²) in [7, 11) is -3.82. The summed E-state index contributed by atoms with van der Waals surface area (Å²) in [6.45, 7) is 6.68. The molecule has 1 rings (SSSR count). The van der Waals surface area contributed by atoms with Crippen molar-refractivity contribution in [2.75, 3.05) is 18.8 Å². The smallest absolute Gasteiger partial charge is 0.243 e. The van der Waals surface area contributed by atoms with E-state index in [4.69, 9.17) is 11.0 Å². The minimum atomic E-state index is -3.82. The molecule has 5 nitrogen and oxygen atoms in total. The summed E-state index contributed by atoms with van der Waals surface area (Å²) in [4.78, 5) is 0.0217. The van der Waals surface area contributed by atoms with Crippen LogP contribution in [0.2, 0.25) is 0 Å². The third kappa shape index (κ3) is 3.34. The number of anilines is 1. The maximum Gasteiger partial charge on any atom is 0.243 e. The molecule has 0 aliphatic rings. The molecule has 116 valence electrons. The predicted octanol–water partition coefficient (Wildman–Crippen LogP) is 2.20. The fourth-order valence-corrected chi connectivity index (χ4v) is 4.18. The Labute approximate surface area is 125 Å². The van der Waals surface area contributed by atoms with Gasteiger partial charge in [0.05, 0.1) is 22.6 Å². The van der Waals surface area contributed by atoms with Crippen LogP contribution < -0.4 is 5.73 Å². The molecule has 0 aliphatic carbocycles. The molecule has 1 unspecified atom stereocenters. The number of halogens is 1. The number of rotatable bonds is 5. The molecule has 1 aromatic rings. The van der Waals surface area contributed by atoms with Crippen molar-refractivity contribution in [2.45, 2.75) is 32.6 Å². The third-order valence-electron chi connectivity index (χ3n) is 3.35. The number of hydrogen-bond donors (Lipinski definition) is 1. The number of nitrogen functional groups attached to an aromatic ring is 1. The molecule has 0 aromatic heterocycles. The van der Waals surface area contributed by atoms with Crippen LogP contribution >= 0.6 is 0 Å². The van der Waals surface area contributed by atoms with E-state index in [0.717, 1.165) is 6.07 Å². The monoisotopic (exact) mass is 313 g/mol. The second-order valence-corrected chi connectivity index (χ2v) is 6.90. The van der Waals surface area contributed by atoms with Crippen molar-refractivity contribution in [1.82, 2.24) is 4.31 Å². The minimum Gasteiger partial charge on any atom is -0.396 e. The zero-order valence-electron chi connectivity index (χ0n) is 12.6. The average Bonchev–Trinajstić information content (AvgIpc) is 2.41. The lowest BCUT2D eigenvalue weighted by molar-refractivity contribution is 0.399. The van der Waals surface area contributed by atoms with Gasteiger partial charge in [-0.2, -0.15) is 9.57 Å². The van der Waals surface area contributed by atoms with Crippen molar-refractivity contribution in [3.05, 3.63) is 23.0 Å². The van der Waals surface area contributed by atoms with E-state index in [9.17, 15) is 12.8 Å². The van der Waals surface area contributed by atoms with E-state index in [1.54, 1.807) is 13.8 Å². The van der Waals surface area contributed by atoms with Crippen LogP contribution in [0.4, 0.5) is 10.1 Å². The van der Waals surface area contributed by atoms with Crippen molar-refractivity contribution >= 4 is 15.7 Å². The van der Waals surface area contributed by atoms with Crippen LogP contribution in [0.5, 0.6) is 0 Å². The van der Waals surface area contributed by atoms with Gasteiger partial charge in [-0.25, -0.2) is 12.8 Å². The van der Waals surface area contributed by atoms with Gasteiger partial charge in [0.2, 0.25) is 10.0 Å². The Bertz CT molecular complexity index is 680. The lowest BCUT2D eigenvalue weighted by atomic mass is 10.1. The highest BCUT2D eigenvalue weighted by atomic mass is 32.2. The Hall–Kier alpha value is -1.65. The fourth-order valence-electron chi connectivity index (χ4n) is 2.20. The summed E-state index contributed by atoms with van der Waals surface area (Å²) < 4.78 is 40.3. The Morgan fingerprint density at radius 2 is 2.05 bits per heavy atom. The molecule has 0 spiro atoms. The minimum absolute atomic E-state index is 0.0217. The van der Waals surface area contributed by atoms with Crippen molar-refractivity contribution < 1.29 is 12.8 Å². The van der Waals surface area contributed by atoms with Crippen LogP contribution in [-0.2, 0) is 10.0 Å². The first-order valence-electron chi connectivity index (χ1n) is 6.61. The van der Waals surface area contributed by atoms with Crippen LogP contribution in [0.1, 0.15) is 25.0 Å². The van der Waals surface area contributed by atoms with Crippen LogP contribution in [0.3, 0.4) is 0 Å². The molecular weight excluding hydrogens is 293 g/mol. The van der Waals surface area contributed by atoms with E-state index >= 15 is 0 Å². The summed E-state index contributed by atoms with van der Waals surface area (Å²) >= 11 is 0. The van der Waals surface area contributed by atoms with E-state index in [1.165, 1.54) is 18.2 Å². The molecule has 0 radical (unpaired) electrons. The summed E-state index contributed by atoms with van der Waals surface area (Å²) in [6, 6.07) is 3.13. The summed E-state index contributed by atoms with van der Waals surface area (Å²) in [5, 5.41) is 8.86. The van der Waals surface area contributed by atoms with Gasteiger partial charge in [0, 0.05) is 13.1 Å². The number of nitriles is 1. The number of sulfonamides is 1. The van der Waals surface area contributed by atoms with Gasteiger partial charge >= 0.3 is 0 Å². The molecule has 1 atom stereocenters. The second-order valence-electron chi connectivity index (χ2n) is 5.03. The molecule has 21 heavy (non-hydrogen) atoms. The molecule has 0 saturated heterocycles. The highest BCUT2D eigenvalue weighted by molar-refractivity contribution is 7.89. The quantitative estimate of drug-likeness (QED) is 0.844. The van der Waals surface area contributed by atoms with Crippen molar-refractivity contribution in [1.29, 1.82) is 5.26 Å². The predicted molar refractivity (Wildman–Crippen MR) is 79.5 cm³/mol. The molecule has 1 aromatic carbocycles. The molecule has 0 amide bonds. The zero-order chi connectivity index (χ0) is 16.4. The molecule has 7 heteroatoms. The molecule has 0 fully saturated rings. The lowest BCUT2D eigenvalue weighted by Gasteiger charge is -2.24. The first kappa shape index (κ1) is 17.4. The highest BCUT2D eigenvalue weighted by Crippen LogP contribution is 2.30. The number of benzene rings is 1.